The summed E-state index contributed by atoms with van der Waals surface area (Å²) in [5, 5.41) is 14.7. The molecular formula is C21H35N7O4. The maximum atomic E-state index is 12.9. The molecule has 0 saturated heterocycles. The van der Waals surface area contributed by atoms with Gasteiger partial charge in [-0.3, -0.25) is 14.6 Å². The van der Waals surface area contributed by atoms with E-state index < -0.39 is 35.9 Å². The standard InChI is InChI=1S/C21H35N7O4/c22-11-5-4-9-15(23)18(29)27-16(10-6-12-26-21(24)25)19(30)28-17(20(31)32)13-14-7-2-1-3-8-14/h1-3,7-8,15-17H,4-6,9-13,22-23H2,(H,27,29)(H,28,30)(H,31,32)(H4,24,25,26)/t15-,16-,17-/m0/s1. The molecule has 0 spiro atoms. The molecule has 1 rings (SSSR count). The molecule has 1 aromatic carbocycles. The molecule has 0 aromatic heterocycles. The van der Waals surface area contributed by atoms with Crippen LogP contribution in [-0.2, 0) is 20.8 Å². The molecule has 11 nitrogen and oxygen atoms in total. The second-order valence-electron chi connectivity index (χ2n) is 7.49. The Morgan fingerprint density at radius 3 is 2.19 bits per heavy atom. The van der Waals surface area contributed by atoms with E-state index in [2.05, 4.69) is 15.6 Å². The number of aliphatic carboxylic acids is 1. The Bertz CT molecular complexity index is 754. The average Bonchev–Trinajstić information content (AvgIpc) is 2.75. The number of carbonyl (C=O) groups is 3. The highest BCUT2D eigenvalue weighted by atomic mass is 16.4. The molecule has 0 bridgehead atoms. The molecule has 0 aliphatic heterocycles. The van der Waals surface area contributed by atoms with Crippen LogP contribution in [0.4, 0.5) is 0 Å². The Labute approximate surface area is 188 Å². The van der Waals surface area contributed by atoms with E-state index in [0.717, 1.165) is 12.0 Å². The number of carboxylic acids is 1. The molecule has 2 amide bonds. The zero-order chi connectivity index (χ0) is 23.9. The minimum Gasteiger partial charge on any atom is -0.480 e. The van der Waals surface area contributed by atoms with Crippen molar-refractivity contribution in [3.63, 3.8) is 0 Å². The molecule has 0 saturated carbocycles. The van der Waals surface area contributed by atoms with E-state index in [1.165, 1.54) is 0 Å². The number of benzene rings is 1. The summed E-state index contributed by atoms with van der Waals surface area (Å²) in [6, 6.07) is 6.01. The molecule has 3 atom stereocenters. The van der Waals surface area contributed by atoms with Gasteiger partial charge in [0, 0.05) is 13.0 Å². The normalized spacial score (nSPS) is 13.4. The molecule has 0 heterocycles. The summed E-state index contributed by atoms with van der Waals surface area (Å²) < 4.78 is 0. The van der Waals surface area contributed by atoms with Gasteiger partial charge in [-0.25, -0.2) is 4.79 Å². The third-order valence-electron chi connectivity index (χ3n) is 4.78. The van der Waals surface area contributed by atoms with Crippen LogP contribution in [0.25, 0.3) is 0 Å². The maximum Gasteiger partial charge on any atom is 0.326 e. The Kier molecular flexibility index (Phi) is 12.4. The highest BCUT2D eigenvalue weighted by molar-refractivity contribution is 5.91. The van der Waals surface area contributed by atoms with Crippen molar-refractivity contribution in [1.29, 1.82) is 0 Å². The van der Waals surface area contributed by atoms with Crippen molar-refractivity contribution >= 4 is 23.7 Å². The highest BCUT2D eigenvalue weighted by Gasteiger charge is 2.27. The topological polar surface area (TPSA) is 212 Å². The molecule has 1 aromatic rings. The quantitative estimate of drug-likeness (QED) is 0.0978. The van der Waals surface area contributed by atoms with Crippen LogP contribution >= 0.6 is 0 Å². The van der Waals surface area contributed by atoms with Gasteiger partial charge < -0.3 is 38.7 Å². The molecule has 0 aliphatic carbocycles. The third-order valence-corrected chi connectivity index (χ3v) is 4.78. The van der Waals surface area contributed by atoms with E-state index in [1.54, 1.807) is 24.3 Å². The number of carboxylic acid groups (broad SMARTS) is 1. The first kappa shape index (κ1) is 26.9. The Morgan fingerprint density at radius 2 is 1.59 bits per heavy atom. The number of rotatable bonds is 15. The van der Waals surface area contributed by atoms with Gasteiger partial charge in [-0.2, -0.15) is 0 Å². The number of amides is 2. The average molecular weight is 450 g/mol. The predicted molar refractivity (Wildman–Crippen MR) is 122 cm³/mol. The number of nitrogens with two attached hydrogens (primary N) is 4. The lowest BCUT2D eigenvalue weighted by Crippen LogP contribution is -2.54. The molecule has 0 fully saturated rings. The fourth-order valence-corrected chi connectivity index (χ4v) is 3.01. The van der Waals surface area contributed by atoms with Crippen molar-refractivity contribution in [1.82, 2.24) is 10.6 Å². The van der Waals surface area contributed by atoms with Crippen LogP contribution in [0.15, 0.2) is 35.3 Å². The number of unbranched alkanes of at least 4 members (excludes halogenated alkanes) is 1. The molecule has 11 N–H and O–H groups in total. The van der Waals surface area contributed by atoms with Gasteiger partial charge in [-0.1, -0.05) is 36.8 Å². The SMILES string of the molecule is NCCCC[C@H](N)C(=O)N[C@@H](CCCN=C(N)N)C(=O)N[C@@H](Cc1ccccc1)C(=O)O. The van der Waals surface area contributed by atoms with Crippen LogP contribution in [0.3, 0.4) is 0 Å². The van der Waals surface area contributed by atoms with Gasteiger partial charge in [0.1, 0.15) is 12.1 Å². The van der Waals surface area contributed by atoms with Crippen LogP contribution in [-0.4, -0.2) is 60.1 Å². The Hall–Kier alpha value is -3.18. The molecule has 11 heteroatoms. The second kappa shape index (κ2) is 14.8. The Balaban J connectivity index is 2.82. The van der Waals surface area contributed by atoms with E-state index in [9.17, 15) is 19.5 Å². The van der Waals surface area contributed by atoms with Gasteiger partial charge in [0.15, 0.2) is 5.96 Å². The van der Waals surface area contributed by atoms with E-state index in [0.29, 0.717) is 25.8 Å². The lowest BCUT2D eigenvalue weighted by atomic mass is 10.0. The first-order chi connectivity index (χ1) is 15.2. The highest BCUT2D eigenvalue weighted by Crippen LogP contribution is 2.06. The Morgan fingerprint density at radius 1 is 0.938 bits per heavy atom. The monoisotopic (exact) mass is 449 g/mol. The zero-order valence-corrected chi connectivity index (χ0v) is 18.2. The van der Waals surface area contributed by atoms with E-state index in [-0.39, 0.29) is 25.3 Å². The third kappa shape index (κ3) is 10.7. The van der Waals surface area contributed by atoms with Crippen LogP contribution in [0.1, 0.15) is 37.7 Å². The summed E-state index contributed by atoms with van der Waals surface area (Å²) in [5.41, 5.74) is 22.8. The minimum atomic E-state index is -1.17. The lowest BCUT2D eigenvalue weighted by molar-refractivity contribution is -0.142. The first-order valence-electron chi connectivity index (χ1n) is 10.6. The summed E-state index contributed by atoms with van der Waals surface area (Å²) >= 11 is 0. The fraction of sp³-hybridized carbons (Fsp3) is 0.524. The second-order valence-corrected chi connectivity index (χ2v) is 7.49. The molecule has 0 radical (unpaired) electrons. The summed E-state index contributed by atoms with van der Waals surface area (Å²) in [5.74, 6) is -2.35. The summed E-state index contributed by atoms with van der Waals surface area (Å²) in [7, 11) is 0. The number of nitrogens with zero attached hydrogens (tertiary/aromatic N) is 1. The zero-order valence-electron chi connectivity index (χ0n) is 18.2. The summed E-state index contributed by atoms with van der Waals surface area (Å²) in [6.07, 6.45) is 2.57. The predicted octanol–water partition coefficient (Wildman–Crippen LogP) is -1.21. The number of hydrogen-bond donors (Lipinski definition) is 7. The van der Waals surface area contributed by atoms with Gasteiger partial charge in [-0.15, -0.1) is 0 Å². The van der Waals surface area contributed by atoms with E-state index in [4.69, 9.17) is 22.9 Å². The van der Waals surface area contributed by atoms with Crippen LogP contribution in [0, 0.1) is 0 Å². The van der Waals surface area contributed by atoms with E-state index >= 15 is 0 Å². The number of nitrogens with one attached hydrogen (secondary N) is 2. The number of guanidine groups is 1. The lowest BCUT2D eigenvalue weighted by Gasteiger charge is -2.23. The fourth-order valence-electron chi connectivity index (χ4n) is 3.01. The van der Waals surface area contributed by atoms with Gasteiger partial charge in [0.25, 0.3) is 0 Å². The van der Waals surface area contributed by atoms with Crippen molar-refractivity contribution in [2.24, 2.45) is 27.9 Å². The van der Waals surface area contributed by atoms with E-state index in [1.807, 2.05) is 6.07 Å². The van der Waals surface area contributed by atoms with Crippen molar-refractivity contribution < 1.29 is 19.5 Å². The van der Waals surface area contributed by atoms with Gasteiger partial charge in [-0.05, 0) is 37.8 Å². The molecule has 0 unspecified atom stereocenters. The first-order valence-corrected chi connectivity index (χ1v) is 10.6. The number of hydrogen-bond acceptors (Lipinski definition) is 6. The van der Waals surface area contributed by atoms with Crippen molar-refractivity contribution in [2.45, 2.75) is 56.7 Å². The molecule has 178 valence electrons. The van der Waals surface area contributed by atoms with Crippen LogP contribution < -0.4 is 33.6 Å². The number of aliphatic imine (C=N–C) groups is 1. The summed E-state index contributed by atoms with van der Waals surface area (Å²) in [4.78, 5) is 40.9. The van der Waals surface area contributed by atoms with Gasteiger partial charge in [0.2, 0.25) is 11.8 Å². The smallest absolute Gasteiger partial charge is 0.326 e. The number of carbonyl (C=O) groups excluding carboxylic acids is 2. The van der Waals surface area contributed by atoms with Crippen molar-refractivity contribution in [3.8, 4) is 0 Å². The van der Waals surface area contributed by atoms with Gasteiger partial charge in [0.05, 0.1) is 6.04 Å². The largest absolute Gasteiger partial charge is 0.480 e. The molecular weight excluding hydrogens is 414 g/mol. The van der Waals surface area contributed by atoms with Crippen molar-refractivity contribution in [3.05, 3.63) is 35.9 Å². The van der Waals surface area contributed by atoms with Crippen LogP contribution in [0.2, 0.25) is 0 Å². The maximum absolute atomic E-state index is 12.9. The molecule has 32 heavy (non-hydrogen) atoms. The minimum absolute atomic E-state index is 0.0780. The van der Waals surface area contributed by atoms with Crippen LogP contribution in [0.5, 0.6) is 0 Å². The molecule has 0 aliphatic rings. The van der Waals surface area contributed by atoms with Gasteiger partial charge >= 0.3 is 5.97 Å². The summed E-state index contributed by atoms with van der Waals surface area (Å²) in [6.45, 7) is 0.763. The van der Waals surface area contributed by atoms with Crippen molar-refractivity contribution in [2.75, 3.05) is 13.1 Å².